The van der Waals surface area contributed by atoms with Crippen LogP contribution < -0.4 is 0 Å². The lowest BCUT2D eigenvalue weighted by atomic mass is 10.1. The maximum Gasteiger partial charge on any atom is 0.196 e. The van der Waals surface area contributed by atoms with Gasteiger partial charge >= 0.3 is 0 Å². The van der Waals surface area contributed by atoms with Crippen LogP contribution in [-0.4, -0.2) is 98.0 Å². The second-order valence-electron chi connectivity index (χ2n) is 6.94. The molecule has 0 amide bonds. The first-order valence-corrected chi connectivity index (χ1v) is 9.57. The highest BCUT2D eigenvalue weighted by Gasteiger charge is 2.28. The maximum atomic E-state index is 4.54. The maximum absolute atomic E-state index is 4.54. The van der Waals surface area contributed by atoms with Crippen molar-refractivity contribution in [3.63, 3.8) is 0 Å². The van der Waals surface area contributed by atoms with Crippen LogP contribution in [0.2, 0.25) is 0 Å². The van der Waals surface area contributed by atoms with Gasteiger partial charge in [0.25, 0.3) is 0 Å². The van der Waals surface area contributed by atoms with E-state index in [4.69, 9.17) is 0 Å². The molecule has 0 aromatic rings. The van der Waals surface area contributed by atoms with Crippen molar-refractivity contribution in [2.45, 2.75) is 33.6 Å². The molecule has 0 radical (unpaired) electrons. The highest BCUT2D eigenvalue weighted by atomic mass is 15.4. The fraction of sp³-hybridized carbons (Fsp3) is 0.889. The zero-order valence-electron chi connectivity index (χ0n) is 16.3. The van der Waals surface area contributed by atoms with Crippen molar-refractivity contribution in [3.05, 3.63) is 0 Å². The van der Waals surface area contributed by atoms with Crippen LogP contribution in [0.4, 0.5) is 0 Å². The molecule has 6 nitrogen and oxygen atoms in total. The fourth-order valence-corrected chi connectivity index (χ4v) is 3.86. The van der Waals surface area contributed by atoms with Gasteiger partial charge in [-0.3, -0.25) is 9.98 Å². The van der Waals surface area contributed by atoms with E-state index in [2.05, 4.69) is 50.4 Å². The van der Waals surface area contributed by atoms with Crippen LogP contribution in [0.1, 0.15) is 33.6 Å². The van der Waals surface area contributed by atoms with Gasteiger partial charge in [0, 0.05) is 66.5 Å². The van der Waals surface area contributed by atoms with E-state index >= 15 is 0 Å². The number of likely N-dealkylation sites (N-methyl/N-ethyl adjacent to an activating group) is 1. The van der Waals surface area contributed by atoms with Crippen molar-refractivity contribution in [3.8, 4) is 0 Å². The summed E-state index contributed by atoms with van der Waals surface area (Å²) < 4.78 is 0. The molecular weight excluding hydrogens is 300 g/mol. The summed E-state index contributed by atoms with van der Waals surface area (Å²) >= 11 is 0. The molecular formula is C18H36N6. The van der Waals surface area contributed by atoms with Gasteiger partial charge in [-0.05, 0) is 25.7 Å². The Morgan fingerprint density at radius 2 is 1.38 bits per heavy atom. The Labute approximate surface area is 148 Å². The fourth-order valence-electron chi connectivity index (χ4n) is 3.86. The van der Waals surface area contributed by atoms with Gasteiger partial charge in [-0.2, -0.15) is 0 Å². The molecule has 138 valence electrons. The van der Waals surface area contributed by atoms with Gasteiger partial charge in [0.15, 0.2) is 11.9 Å². The Bertz CT molecular complexity index is 447. The molecule has 6 heteroatoms. The molecule has 2 aliphatic heterocycles. The third kappa shape index (κ3) is 4.33. The van der Waals surface area contributed by atoms with Crippen LogP contribution in [0.25, 0.3) is 0 Å². The Morgan fingerprint density at radius 1 is 0.833 bits per heavy atom. The van der Waals surface area contributed by atoms with E-state index in [1.54, 1.807) is 0 Å². The van der Waals surface area contributed by atoms with Crippen molar-refractivity contribution in [1.29, 1.82) is 0 Å². The van der Waals surface area contributed by atoms with Crippen LogP contribution in [-0.2, 0) is 0 Å². The van der Waals surface area contributed by atoms with Crippen molar-refractivity contribution in [2.75, 3.05) is 66.5 Å². The monoisotopic (exact) mass is 336 g/mol. The van der Waals surface area contributed by atoms with Crippen LogP contribution in [0.5, 0.6) is 0 Å². The lowest BCUT2D eigenvalue weighted by molar-refractivity contribution is 0.331. The molecule has 2 heterocycles. The van der Waals surface area contributed by atoms with E-state index in [9.17, 15) is 0 Å². The topological polar surface area (TPSA) is 37.7 Å². The van der Waals surface area contributed by atoms with Crippen LogP contribution >= 0.6 is 0 Å². The standard InChI is InChI=1S/C18H36N6/c1-6-9-22-13-14-24(18(22)20-5)15-16(3)8-10-23-12-11-21(7-2)17(23)19-4/h16H,6-15H2,1-5H3. The number of nitrogens with zero attached hydrogens (tertiary/aromatic N) is 6. The number of hydrogen-bond donors (Lipinski definition) is 0. The molecule has 0 aliphatic carbocycles. The second-order valence-corrected chi connectivity index (χ2v) is 6.94. The smallest absolute Gasteiger partial charge is 0.196 e. The lowest BCUT2D eigenvalue weighted by Crippen LogP contribution is -2.38. The van der Waals surface area contributed by atoms with E-state index < -0.39 is 0 Å². The van der Waals surface area contributed by atoms with Crippen LogP contribution in [0, 0.1) is 5.92 Å². The highest BCUT2D eigenvalue weighted by molar-refractivity contribution is 5.82. The van der Waals surface area contributed by atoms with Gasteiger partial charge in [-0.15, -0.1) is 0 Å². The first-order chi connectivity index (χ1) is 11.6. The summed E-state index contributed by atoms with van der Waals surface area (Å²) in [4.78, 5) is 18.7. The first kappa shape index (κ1) is 18.9. The van der Waals surface area contributed by atoms with Crippen molar-refractivity contribution in [2.24, 2.45) is 15.9 Å². The molecule has 2 rings (SSSR count). The third-order valence-corrected chi connectivity index (χ3v) is 5.11. The Balaban J connectivity index is 1.80. The average molecular weight is 337 g/mol. The Hall–Kier alpha value is -1.46. The molecule has 0 bridgehead atoms. The minimum absolute atomic E-state index is 0.664. The third-order valence-electron chi connectivity index (χ3n) is 5.11. The summed E-state index contributed by atoms with van der Waals surface area (Å²) in [6.07, 6.45) is 2.39. The van der Waals surface area contributed by atoms with Gasteiger partial charge < -0.3 is 19.6 Å². The molecule has 0 saturated carbocycles. The molecule has 0 N–H and O–H groups in total. The molecule has 0 aromatic carbocycles. The van der Waals surface area contributed by atoms with E-state index in [0.29, 0.717) is 5.92 Å². The van der Waals surface area contributed by atoms with E-state index in [-0.39, 0.29) is 0 Å². The highest BCUT2D eigenvalue weighted by Crippen LogP contribution is 2.16. The van der Waals surface area contributed by atoms with E-state index in [0.717, 1.165) is 52.4 Å². The van der Waals surface area contributed by atoms with Crippen LogP contribution in [0.3, 0.4) is 0 Å². The van der Waals surface area contributed by atoms with Crippen LogP contribution in [0.15, 0.2) is 9.98 Å². The molecule has 2 saturated heterocycles. The number of rotatable bonds is 8. The van der Waals surface area contributed by atoms with Gasteiger partial charge in [0.1, 0.15) is 0 Å². The first-order valence-electron chi connectivity index (χ1n) is 9.57. The SMILES string of the molecule is CCCN1CCN(CC(C)CCN2CCN(CC)C2=NC)C1=NC. The summed E-state index contributed by atoms with van der Waals surface area (Å²) in [5.41, 5.74) is 0. The summed E-state index contributed by atoms with van der Waals surface area (Å²) in [6, 6.07) is 0. The zero-order valence-corrected chi connectivity index (χ0v) is 16.3. The Kier molecular flexibility index (Phi) is 7.18. The van der Waals surface area contributed by atoms with Gasteiger partial charge in [-0.25, -0.2) is 0 Å². The predicted molar refractivity (Wildman–Crippen MR) is 103 cm³/mol. The summed E-state index contributed by atoms with van der Waals surface area (Å²) in [6.45, 7) is 15.7. The van der Waals surface area contributed by atoms with Gasteiger partial charge in [-0.1, -0.05) is 13.8 Å². The molecule has 0 aromatic heterocycles. The van der Waals surface area contributed by atoms with Crippen molar-refractivity contribution >= 4 is 11.9 Å². The summed E-state index contributed by atoms with van der Waals surface area (Å²) in [5.74, 6) is 3.03. The normalized spacial score (nSPS) is 23.2. The Morgan fingerprint density at radius 3 is 1.96 bits per heavy atom. The van der Waals surface area contributed by atoms with Gasteiger partial charge in [0.05, 0.1) is 0 Å². The zero-order chi connectivity index (χ0) is 17.5. The molecule has 2 fully saturated rings. The number of hydrogen-bond acceptors (Lipinski definition) is 2. The minimum Gasteiger partial charge on any atom is -0.341 e. The molecule has 2 aliphatic rings. The van der Waals surface area contributed by atoms with Crippen molar-refractivity contribution in [1.82, 2.24) is 19.6 Å². The van der Waals surface area contributed by atoms with E-state index in [1.807, 2.05) is 14.1 Å². The van der Waals surface area contributed by atoms with Crippen molar-refractivity contribution < 1.29 is 0 Å². The molecule has 0 spiro atoms. The number of guanidine groups is 2. The van der Waals surface area contributed by atoms with E-state index in [1.165, 1.54) is 24.8 Å². The largest absolute Gasteiger partial charge is 0.341 e. The second kappa shape index (κ2) is 9.14. The minimum atomic E-state index is 0.664. The molecule has 1 unspecified atom stereocenters. The number of aliphatic imine (C=N–C) groups is 2. The quantitative estimate of drug-likeness (QED) is 0.675. The predicted octanol–water partition coefficient (Wildman–Crippen LogP) is 1.65. The summed E-state index contributed by atoms with van der Waals surface area (Å²) in [5, 5.41) is 0. The molecule has 24 heavy (non-hydrogen) atoms. The molecule has 1 atom stereocenters. The summed E-state index contributed by atoms with van der Waals surface area (Å²) in [7, 11) is 3.84. The lowest BCUT2D eigenvalue weighted by Gasteiger charge is -2.27. The van der Waals surface area contributed by atoms with Gasteiger partial charge in [0.2, 0.25) is 0 Å². The average Bonchev–Trinajstić information content (AvgIpc) is 3.16.